The van der Waals surface area contributed by atoms with Crippen molar-refractivity contribution in [2.75, 3.05) is 25.2 Å². The van der Waals surface area contributed by atoms with Crippen LogP contribution < -0.4 is 14.4 Å². The minimum absolute atomic E-state index is 0.0663. The van der Waals surface area contributed by atoms with E-state index in [1.807, 2.05) is 52.8 Å². The highest BCUT2D eigenvalue weighted by molar-refractivity contribution is 6.08. The highest BCUT2D eigenvalue weighted by Gasteiger charge is 2.37. The van der Waals surface area contributed by atoms with Gasteiger partial charge in [-0.2, -0.15) is 0 Å². The van der Waals surface area contributed by atoms with Crippen LogP contribution in [0.2, 0.25) is 0 Å². The molecule has 0 bridgehead atoms. The maximum Gasteiger partial charge on any atom is 0.337 e. The summed E-state index contributed by atoms with van der Waals surface area (Å²) in [5.74, 6) is -1.11. The first-order valence-corrected chi connectivity index (χ1v) is 13.9. The van der Waals surface area contributed by atoms with Gasteiger partial charge in [0.15, 0.2) is 17.7 Å². The number of amides is 1. The Morgan fingerprint density at radius 1 is 1.07 bits per heavy atom. The average molecular weight is 562 g/mol. The minimum atomic E-state index is -1.22. The molecule has 3 aromatic carbocycles. The number of aliphatic carboxylic acids is 1. The van der Waals surface area contributed by atoms with Crippen molar-refractivity contribution in [1.29, 1.82) is 0 Å². The van der Waals surface area contributed by atoms with E-state index in [0.29, 0.717) is 36.4 Å². The van der Waals surface area contributed by atoms with Gasteiger partial charge in [-0.15, -0.1) is 0 Å². The fourth-order valence-electron chi connectivity index (χ4n) is 5.97. The molecule has 0 saturated heterocycles. The van der Waals surface area contributed by atoms with E-state index in [1.54, 1.807) is 11.0 Å². The van der Waals surface area contributed by atoms with Crippen molar-refractivity contribution >= 4 is 17.6 Å². The van der Waals surface area contributed by atoms with Crippen LogP contribution in [0.1, 0.15) is 71.5 Å². The van der Waals surface area contributed by atoms with Crippen molar-refractivity contribution in [3.05, 3.63) is 75.6 Å². The number of hydrogen-bond donors (Lipinski definition) is 1. The number of rotatable bonds is 6. The first-order valence-electron chi connectivity index (χ1n) is 13.9. The zero-order valence-corrected chi connectivity index (χ0v) is 24.4. The second-order valence-corrected chi connectivity index (χ2v) is 11.7. The zero-order chi connectivity index (χ0) is 29.6. The van der Waals surface area contributed by atoms with Crippen molar-refractivity contribution < 1.29 is 33.3 Å². The fourth-order valence-corrected chi connectivity index (χ4v) is 5.97. The van der Waals surface area contributed by atoms with Crippen LogP contribution in [0.15, 0.2) is 36.4 Å². The Bertz CT molecular complexity index is 1540. The minimum Gasteiger partial charge on any atom is -0.494 e. The van der Waals surface area contributed by atoms with Crippen LogP contribution in [-0.4, -0.2) is 42.8 Å². The van der Waals surface area contributed by atoms with E-state index < -0.39 is 23.5 Å². The maximum atomic E-state index is 14.5. The number of carboxylic acid groups (broad SMARTS) is 1. The quantitative estimate of drug-likeness (QED) is 0.366. The van der Waals surface area contributed by atoms with E-state index in [-0.39, 0.29) is 17.2 Å². The lowest BCUT2D eigenvalue weighted by molar-refractivity contribution is -0.160. The average Bonchev–Trinajstić information content (AvgIpc) is 3.34. The Morgan fingerprint density at radius 3 is 2.49 bits per heavy atom. The van der Waals surface area contributed by atoms with E-state index in [1.165, 1.54) is 19.2 Å². The number of methoxy groups -OCH3 is 1. The smallest absolute Gasteiger partial charge is 0.337 e. The summed E-state index contributed by atoms with van der Waals surface area (Å²) >= 11 is 0. The first kappa shape index (κ1) is 28.6. The molecule has 2 aliphatic rings. The Morgan fingerprint density at radius 2 is 1.83 bits per heavy atom. The molecule has 1 atom stereocenters. The van der Waals surface area contributed by atoms with Crippen molar-refractivity contribution in [3.8, 4) is 22.6 Å². The van der Waals surface area contributed by atoms with Crippen molar-refractivity contribution in [3.63, 3.8) is 0 Å². The molecule has 0 radical (unpaired) electrons. The molecule has 1 unspecified atom stereocenters. The molecule has 8 heteroatoms. The number of carboxylic acids is 1. The number of ether oxygens (including phenoxy) is 3. The SMILES string of the molecule is COc1ccc(C(=O)N2CCc3c2cc(C)c(C(OC(C)(C)C)C(=O)O)c3-c2ccc3c(c2C)CCCO3)cc1F. The van der Waals surface area contributed by atoms with Gasteiger partial charge in [-0.05, 0) is 118 Å². The topological polar surface area (TPSA) is 85.3 Å². The van der Waals surface area contributed by atoms with Crippen molar-refractivity contribution in [1.82, 2.24) is 0 Å². The molecule has 0 saturated carbocycles. The predicted molar refractivity (Wildman–Crippen MR) is 155 cm³/mol. The molecule has 2 aliphatic heterocycles. The van der Waals surface area contributed by atoms with Gasteiger partial charge >= 0.3 is 5.97 Å². The standard InChI is InChI=1S/C33H36FNO6/c1-18-16-25-23(13-14-35(25)31(36)20-9-11-27(39-6)24(34)17-20)29(28(18)30(32(37)38)41-33(3,4)5)22-10-12-26-21(19(22)2)8-7-15-40-26/h9-12,16-17,30H,7-8,13-15H2,1-6H3,(H,37,38). The van der Waals surface area contributed by atoms with Crippen LogP contribution in [0.5, 0.6) is 11.5 Å². The van der Waals surface area contributed by atoms with Gasteiger partial charge in [0.05, 0.1) is 19.3 Å². The molecule has 0 fully saturated rings. The number of halogens is 1. The molecule has 2 heterocycles. The predicted octanol–water partition coefficient (Wildman–Crippen LogP) is 6.59. The summed E-state index contributed by atoms with van der Waals surface area (Å²) in [5.41, 5.74) is 6.14. The number of anilines is 1. The summed E-state index contributed by atoms with van der Waals surface area (Å²) < 4.78 is 31.6. The molecule has 216 valence electrons. The number of aryl methyl sites for hydroxylation is 1. The molecule has 1 amide bonds. The normalized spacial score (nSPS) is 15.1. The molecule has 0 aliphatic carbocycles. The lowest BCUT2D eigenvalue weighted by Crippen LogP contribution is -2.30. The molecule has 41 heavy (non-hydrogen) atoms. The highest BCUT2D eigenvalue weighted by Crippen LogP contribution is 2.47. The van der Waals surface area contributed by atoms with Crippen LogP contribution >= 0.6 is 0 Å². The lowest BCUT2D eigenvalue weighted by atomic mass is 9.83. The first-order chi connectivity index (χ1) is 19.4. The van der Waals surface area contributed by atoms with Crippen LogP contribution in [0, 0.1) is 19.7 Å². The van der Waals surface area contributed by atoms with Gasteiger partial charge in [0.2, 0.25) is 0 Å². The third kappa shape index (κ3) is 5.28. The van der Waals surface area contributed by atoms with Gasteiger partial charge in [-0.25, -0.2) is 9.18 Å². The van der Waals surface area contributed by atoms with Crippen LogP contribution in [0.25, 0.3) is 11.1 Å². The van der Waals surface area contributed by atoms with Crippen LogP contribution in [0.3, 0.4) is 0 Å². The second-order valence-electron chi connectivity index (χ2n) is 11.7. The molecule has 1 N–H and O–H groups in total. The molecule has 0 aromatic heterocycles. The Kier molecular flexibility index (Phi) is 7.55. The van der Waals surface area contributed by atoms with Gasteiger partial charge in [0.1, 0.15) is 5.75 Å². The van der Waals surface area contributed by atoms with Crippen molar-refractivity contribution in [2.24, 2.45) is 0 Å². The summed E-state index contributed by atoms with van der Waals surface area (Å²) in [6, 6.07) is 9.98. The second kappa shape index (κ2) is 10.8. The Hall–Kier alpha value is -3.91. The van der Waals surface area contributed by atoms with Gasteiger partial charge in [0, 0.05) is 23.4 Å². The van der Waals surface area contributed by atoms with E-state index >= 15 is 0 Å². The van der Waals surface area contributed by atoms with Gasteiger partial charge in [0.25, 0.3) is 5.91 Å². The Labute approximate surface area is 239 Å². The summed E-state index contributed by atoms with van der Waals surface area (Å²) in [7, 11) is 1.38. The third-order valence-electron chi connectivity index (χ3n) is 7.79. The van der Waals surface area contributed by atoms with E-state index in [0.717, 1.165) is 46.4 Å². The molecular formula is C33H36FNO6. The summed E-state index contributed by atoms with van der Waals surface area (Å²) in [6.45, 7) is 10.4. The van der Waals surface area contributed by atoms with Crippen LogP contribution in [0.4, 0.5) is 10.1 Å². The number of carbonyl (C=O) groups is 2. The van der Waals surface area contributed by atoms with E-state index in [4.69, 9.17) is 14.2 Å². The number of benzene rings is 3. The maximum absolute atomic E-state index is 14.5. The van der Waals surface area contributed by atoms with Crippen molar-refractivity contribution in [2.45, 2.75) is 65.6 Å². The zero-order valence-electron chi connectivity index (χ0n) is 24.4. The number of carbonyl (C=O) groups excluding carboxylic acids is 1. The summed E-state index contributed by atoms with van der Waals surface area (Å²) in [6.07, 6.45) is 1.06. The van der Waals surface area contributed by atoms with E-state index in [9.17, 15) is 19.1 Å². The largest absolute Gasteiger partial charge is 0.494 e. The van der Waals surface area contributed by atoms with Crippen LogP contribution in [-0.2, 0) is 22.4 Å². The molecular weight excluding hydrogens is 525 g/mol. The Balaban J connectivity index is 1.72. The van der Waals surface area contributed by atoms with E-state index in [2.05, 4.69) is 0 Å². The summed E-state index contributed by atoms with van der Waals surface area (Å²) in [4.78, 5) is 28.0. The number of fused-ring (bicyclic) bond motifs is 2. The van der Waals surface area contributed by atoms with Gasteiger partial charge < -0.3 is 24.2 Å². The summed E-state index contributed by atoms with van der Waals surface area (Å²) in [5, 5.41) is 10.4. The monoisotopic (exact) mass is 561 g/mol. The lowest BCUT2D eigenvalue weighted by Gasteiger charge is -2.30. The van der Waals surface area contributed by atoms with Gasteiger partial charge in [-0.3, -0.25) is 4.79 Å². The highest BCUT2D eigenvalue weighted by atomic mass is 19.1. The fraction of sp³-hybridized carbons (Fsp3) is 0.394. The molecule has 3 aromatic rings. The number of nitrogens with zero attached hydrogens (tertiary/aromatic N) is 1. The molecule has 5 rings (SSSR count). The molecule has 0 spiro atoms. The molecule has 7 nitrogen and oxygen atoms in total. The third-order valence-corrected chi connectivity index (χ3v) is 7.79. The number of hydrogen-bond acceptors (Lipinski definition) is 5. The van der Waals surface area contributed by atoms with Gasteiger partial charge in [-0.1, -0.05) is 6.07 Å².